The minimum Gasteiger partial charge on any atom is -0.306 e. The highest BCUT2D eigenvalue weighted by Crippen LogP contribution is 2.23. The second kappa shape index (κ2) is 6.37. The van der Waals surface area contributed by atoms with Gasteiger partial charge in [-0.3, -0.25) is 0 Å². The van der Waals surface area contributed by atoms with Crippen LogP contribution in [0.5, 0.6) is 0 Å². The summed E-state index contributed by atoms with van der Waals surface area (Å²) in [6.45, 7) is 2.97. The van der Waals surface area contributed by atoms with Crippen molar-refractivity contribution in [2.24, 2.45) is 0 Å². The van der Waals surface area contributed by atoms with Crippen molar-refractivity contribution < 1.29 is 0 Å². The van der Waals surface area contributed by atoms with Crippen molar-refractivity contribution in [2.45, 2.75) is 19.5 Å². The Labute approximate surface area is 121 Å². The molecule has 2 rings (SSSR count). The van der Waals surface area contributed by atoms with E-state index in [4.69, 9.17) is 11.6 Å². The molecule has 0 heterocycles. The molecule has 18 heavy (non-hydrogen) atoms. The predicted molar refractivity (Wildman–Crippen MR) is 80.8 cm³/mol. The van der Waals surface area contributed by atoms with E-state index in [0.29, 0.717) is 6.04 Å². The first kappa shape index (κ1) is 13.6. The van der Waals surface area contributed by atoms with E-state index in [-0.39, 0.29) is 0 Å². The maximum Gasteiger partial charge on any atom is 0.0409 e. The number of hydrogen-bond donors (Lipinski definition) is 1. The minimum atomic E-state index is 0.291. The number of hydrogen-bond acceptors (Lipinski definition) is 1. The van der Waals surface area contributed by atoms with Crippen LogP contribution < -0.4 is 5.32 Å². The summed E-state index contributed by atoms with van der Waals surface area (Å²) in [7, 11) is 0. The Hall–Kier alpha value is -0.830. The third kappa shape index (κ3) is 3.58. The summed E-state index contributed by atoms with van der Waals surface area (Å²) < 4.78 is 1.14. The lowest BCUT2D eigenvalue weighted by Gasteiger charge is -2.16. The van der Waals surface area contributed by atoms with Gasteiger partial charge in [0.1, 0.15) is 0 Å². The summed E-state index contributed by atoms with van der Waals surface area (Å²) in [4.78, 5) is 0. The second-order valence-electron chi connectivity index (χ2n) is 4.25. The van der Waals surface area contributed by atoms with E-state index in [1.54, 1.807) is 0 Å². The summed E-state index contributed by atoms with van der Waals surface area (Å²) in [6, 6.07) is 16.5. The molecular weight excluding hydrogens is 310 g/mol. The normalized spacial score (nSPS) is 12.4. The van der Waals surface area contributed by atoms with Gasteiger partial charge in [-0.05, 0) is 36.2 Å². The van der Waals surface area contributed by atoms with E-state index in [2.05, 4.69) is 52.4 Å². The fraction of sp³-hybridized carbons (Fsp3) is 0.200. The van der Waals surface area contributed by atoms with Crippen molar-refractivity contribution in [1.82, 2.24) is 5.32 Å². The summed E-state index contributed by atoms with van der Waals surface area (Å²) in [5, 5.41) is 4.28. The molecule has 0 aliphatic rings. The molecular formula is C15H15BrClN. The molecule has 0 aromatic heterocycles. The third-order valence-electron chi connectivity index (χ3n) is 2.87. The van der Waals surface area contributed by atoms with Crippen LogP contribution >= 0.6 is 27.5 Å². The predicted octanol–water partition coefficient (Wildman–Crippen LogP) is 4.95. The van der Waals surface area contributed by atoms with E-state index in [0.717, 1.165) is 16.0 Å². The highest BCUT2D eigenvalue weighted by atomic mass is 79.9. The van der Waals surface area contributed by atoms with Gasteiger partial charge in [-0.15, -0.1) is 0 Å². The van der Waals surface area contributed by atoms with Gasteiger partial charge in [0.25, 0.3) is 0 Å². The summed E-state index contributed by atoms with van der Waals surface area (Å²) in [5.74, 6) is 0. The molecule has 94 valence electrons. The van der Waals surface area contributed by atoms with Gasteiger partial charge in [0.2, 0.25) is 0 Å². The molecule has 0 amide bonds. The zero-order chi connectivity index (χ0) is 13.0. The molecule has 2 aromatic rings. The quantitative estimate of drug-likeness (QED) is 0.838. The number of benzene rings is 2. The summed E-state index contributed by atoms with van der Waals surface area (Å²) in [6.07, 6.45) is 0. The van der Waals surface area contributed by atoms with Gasteiger partial charge in [0, 0.05) is 22.1 Å². The van der Waals surface area contributed by atoms with Gasteiger partial charge in [-0.25, -0.2) is 0 Å². The van der Waals surface area contributed by atoms with E-state index in [1.807, 2.05) is 24.3 Å². The van der Waals surface area contributed by atoms with Crippen molar-refractivity contribution in [1.29, 1.82) is 0 Å². The van der Waals surface area contributed by atoms with Gasteiger partial charge in [0.05, 0.1) is 0 Å². The molecule has 0 fully saturated rings. The van der Waals surface area contributed by atoms with Crippen molar-refractivity contribution in [3.05, 3.63) is 69.2 Å². The molecule has 0 bridgehead atoms. The fourth-order valence-electron chi connectivity index (χ4n) is 1.85. The average Bonchev–Trinajstić information content (AvgIpc) is 2.37. The molecule has 0 unspecified atom stereocenters. The van der Waals surface area contributed by atoms with Gasteiger partial charge in [-0.1, -0.05) is 57.9 Å². The van der Waals surface area contributed by atoms with E-state index >= 15 is 0 Å². The topological polar surface area (TPSA) is 12.0 Å². The lowest BCUT2D eigenvalue weighted by Crippen LogP contribution is -2.18. The van der Waals surface area contributed by atoms with Gasteiger partial charge >= 0.3 is 0 Å². The lowest BCUT2D eigenvalue weighted by atomic mass is 10.1. The minimum absolute atomic E-state index is 0.291. The highest BCUT2D eigenvalue weighted by molar-refractivity contribution is 9.10. The molecule has 0 spiro atoms. The molecule has 1 nitrogen and oxygen atoms in total. The van der Waals surface area contributed by atoms with E-state index in [9.17, 15) is 0 Å². The van der Waals surface area contributed by atoms with Crippen LogP contribution in [0.1, 0.15) is 24.1 Å². The number of nitrogens with one attached hydrogen (secondary N) is 1. The van der Waals surface area contributed by atoms with E-state index < -0.39 is 0 Å². The Balaban J connectivity index is 2.00. The van der Waals surface area contributed by atoms with Crippen LogP contribution in [0.3, 0.4) is 0 Å². The Morgan fingerprint density at radius 1 is 1.17 bits per heavy atom. The van der Waals surface area contributed by atoms with Gasteiger partial charge < -0.3 is 5.32 Å². The Morgan fingerprint density at radius 3 is 2.67 bits per heavy atom. The van der Waals surface area contributed by atoms with Crippen LogP contribution in [0.4, 0.5) is 0 Å². The number of halogens is 2. The maximum atomic E-state index is 5.97. The Kier molecular flexibility index (Phi) is 4.81. The summed E-state index contributed by atoms with van der Waals surface area (Å²) >= 11 is 9.54. The van der Waals surface area contributed by atoms with Crippen LogP contribution in [0.15, 0.2) is 53.0 Å². The average molecular weight is 325 g/mol. The SMILES string of the molecule is C[C@H](NCc1cccc(Cl)c1)c1ccccc1Br. The molecule has 0 saturated carbocycles. The highest BCUT2D eigenvalue weighted by Gasteiger charge is 2.07. The molecule has 1 N–H and O–H groups in total. The zero-order valence-electron chi connectivity index (χ0n) is 10.2. The van der Waals surface area contributed by atoms with Crippen LogP contribution in [-0.4, -0.2) is 0 Å². The second-order valence-corrected chi connectivity index (χ2v) is 5.54. The Bertz CT molecular complexity index is 527. The fourth-order valence-corrected chi connectivity index (χ4v) is 2.70. The van der Waals surface area contributed by atoms with Crippen molar-refractivity contribution in [3.8, 4) is 0 Å². The molecule has 2 aromatic carbocycles. The van der Waals surface area contributed by atoms with Crippen molar-refractivity contribution in [2.75, 3.05) is 0 Å². The van der Waals surface area contributed by atoms with Gasteiger partial charge in [-0.2, -0.15) is 0 Å². The first-order chi connectivity index (χ1) is 8.66. The van der Waals surface area contributed by atoms with Crippen LogP contribution in [-0.2, 0) is 6.54 Å². The lowest BCUT2D eigenvalue weighted by molar-refractivity contribution is 0.573. The zero-order valence-corrected chi connectivity index (χ0v) is 12.5. The monoisotopic (exact) mass is 323 g/mol. The molecule has 3 heteroatoms. The van der Waals surface area contributed by atoms with Crippen molar-refractivity contribution in [3.63, 3.8) is 0 Å². The van der Waals surface area contributed by atoms with E-state index in [1.165, 1.54) is 11.1 Å². The first-order valence-corrected chi connectivity index (χ1v) is 7.06. The first-order valence-electron chi connectivity index (χ1n) is 5.89. The maximum absolute atomic E-state index is 5.97. The van der Waals surface area contributed by atoms with Gasteiger partial charge in [0.15, 0.2) is 0 Å². The third-order valence-corrected chi connectivity index (χ3v) is 3.83. The van der Waals surface area contributed by atoms with Crippen LogP contribution in [0.25, 0.3) is 0 Å². The molecule has 0 radical (unpaired) electrons. The largest absolute Gasteiger partial charge is 0.306 e. The standard InChI is InChI=1S/C15H15BrClN/c1-11(14-7-2-3-8-15(14)16)18-10-12-5-4-6-13(17)9-12/h2-9,11,18H,10H2,1H3/t11-/m0/s1. The molecule has 0 saturated heterocycles. The number of rotatable bonds is 4. The molecule has 0 aliphatic carbocycles. The van der Waals surface area contributed by atoms with Crippen molar-refractivity contribution >= 4 is 27.5 Å². The summed E-state index contributed by atoms with van der Waals surface area (Å²) in [5.41, 5.74) is 2.46. The van der Waals surface area contributed by atoms with Crippen LogP contribution in [0.2, 0.25) is 5.02 Å². The molecule has 0 aliphatic heterocycles. The molecule has 1 atom stereocenters. The smallest absolute Gasteiger partial charge is 0.0409 e. The van der Waals surface area contributed by atoms with Crippen LogP contribution in [0, 0.1) is 0 Å². The Morgan fingerprint density at radius 2 is 1.94 bits per heavy atom.